The molecule has 1 N–H and O–H groups in total. The molecule has 0 spiro atoms. The van der Waals surface area contributed by atoms with Crippen molar-refractivity contribution < 1.29 is 28.3 Å². The van der Waals surface area contributed by atoms with Crippen LogP contribution in [0.2, 0.25) is 0 Å². The fourth-order valence-corrected chi connectivity index (χ4v) is 10.4. The zero-order chi connectivity index (χ0) is 24.6. The third-order valence-electron chi connectivity index (χ3n) is 13.0. The highest BCUT2D eigenvalue weighted by Gasteiger charge is 2.66. The van der Waals surface area contributed by atoms with E-state index in [1.54, 1.807) is 0 Å². The number of carbonyl (C=O) groups excluding carboxylic acids is 1. The van der Waals surface area contributed by atoms with Gasteiger partial charge in [0, 0.05) is 18.3 Å². The van der Waals surface area contributed by atoms with E-state index in [0.29, 0.717) is 35.5 Å². The summed E-state index contributed by atoms with van der Waals surface area (Å²) in [5, 5.41) is 11.4. The summed E-state index contributed by atoms with van der Waals surface area (Å²) >= 11 is 0. The molecule has 6 aliphatic rings. The van der Waals surface area contributed by atoms with Gasteiger partial charge in [-0.1, -0.05) is 13.8 Å². The first-order valence-electron chi connectivity index (χ1n) is 14.7. The SMILES string of the molecule is C[C@]12C[C@H]([N+]3(C)CCOCC3)[C@@H](O)C[C@@H]1CC[C@@H]1[C@@H]2CC[C@]2(C)C(=O)[C@@H]([N+]3(C)CCOCC3)C[C@@H]12. The van der Waals surface area contributed by atoms with Gasteiger partial charge in [-0.15, -0.1) is 0 Å². The van der Waals surface area contributed by atoms with Crippen LogP contribution in [-0.4, -0.2) is 105 Å². The maximum Gasteiger partial charge on any atom is 0.196 e. The molecule has 2 heterocycles. The standard InChI is InChI=1S/C29H50N2O4/c1-28-8-7-22-21(23(28)18-24(27(28)33)30(3)9-13-34-14-10-30)6-5-20-17-26(32)25(19-29(20,22)2)31(4)11-15-35-16-12-31/h20-26,32H,5-19H2,1-4H3/q+2/t20-,21+,22-,23-,24-,25-,26-,28-,29-/m0/s1. The highest BCUT2D eigenvalue weighted by molar-refractivity contribution is 5.91. The maximum absolute atomic E-state index is 14.0. The van der Waals surface area contributed by atoms with Crippen LogP contribution in [0.1, 0.15) is 58.8 Å². The fraction of sp³-hybridized carbons (Fsp3) is 0.966. The summed E-state index contributed by atoms with van der Waals surface area (Å²) in [6.45, 7) is 12.1. The minimum Gasteiger partial charge on any atom is -0.387 e. The summed E-state index contributed by atoms with van der Waals surface area (Å²) < 4.78 is 13.3. The topological polar surface area (TPSA) is 55.8 Å². The van der Waals surface area contributed by atoms with E-state index in [1.165, 1.54) is 19.3 Å². The Morgan fingerprint density at radius 3 is 2.14 bits per heavy atom. The van der Waals surface area contributed by atoms with Crippen LogP contribution in [0.4, 0.5) is 0 Å². The second-order valence-electron chi connectivity index (χ2n) is 14.4. The number of nitrogens with zero attached hydrogens (tertiary/aromatic N) is 2. The summed E-state index contributed by atoms with van der Waals surface area (Å²) in [5.74, 6) is 3.10. The van der Waals surface area contributed by atoms with E-state index >= 15 is 0 Å². The molecule has 9 atom stereocenters. The lowest BCUT2D eigenvalue weighted by molar-refractivity contribution is -0.945. The van der Waals surface area contributed by atoms with Crippen molar-refractivity contribution >= 4 is 5.78 Å². The molecule has 0 aromatic rings. The Hall–Kier alpha value is -0.530. The average molecular weight is 491 g/mol. The zero-order valence-electron chi connectivity index (χ0n) is 22.7. The van der Waals surface area contributed by atoms with Crippen LogP contribution in [0.5, 0.6) is 0 Å². The van der Waals surface area contributed by atoms with Gasteiger partial charge in [0.15, 0.2) is 5.78 Å². The minimum atomic E-state index is -0.190. The monoisotopic (exact) mass is 490 g/mol. The van der Waals surface area contributed by atoms with Crippen molar-refractivity contribution in [1.29, 1.82) is 0 Å². The van der Waals surface area contributed by atoms with Gasteiger partial charge in [0.2, 0.25) is 0 Å². The van der Waals surface area contributed by atoms with Crippen molar-refractivity contribution in [2.45, 2.75) is 77.0 Å². The Morgan fingerprint density at radius 2 is 1.49 bits per heavy atom. The molecular formula is C29H50N2O4+2. The number of morpholine rings is 2. The van der Waals surface area contributed by atoms with Crippen LogP contribution in [0.3, 0.4) is 0 Å². The second kappa shape index (κ2) is 8.49. The molecule has 0 unspecified atom stereocenters. The Kier molecular flexibility index (Phi) is 6.01. The summed E-state index contributed by atoms with van der Waals surface area (Å²) in [7, 11) is 4.69. The van der Waals surface area contributed by atoms with Gasteiger partial charge in [-0.25, -0.2) is 0 Å². The molecule has 0 aromatic carbocycles. The Balaban J connectivity index is 1.27. The highest BCUT2D eigenvalue weighted by atomic mass is 16.5. The minimum absolute atomic E-state index is 0.134. The molecule has 0 bridgehead atoms. The van der Waals surface area contributed by atoms with Crippen molar-refractivity contribution in [3.05, 3.63) is 0 Å². The van der Waals surface area contributed by atoms with Crippen LogP contribution in [-0.2, 0) is 14.3 Å². The Morgan fingerprint density at radius 1 is 0.857 bits per heavy atom. The van der Waals surface area contributed by atoms with Gasteiger partial charge in [0.05, 0.1) is 40.5 Å². The number of quaternary nitrogens is 2. The number of aliphatic hydroxyl groups excluding tert-OH is 1. The van der Waals surface area contributed by atoms with E-state index in [0.717, 1.165) is 87.3 Å². The van der Waals surface area contributed by atoms with Gasteiger partial charge in [0.1, 0.15) is 44.4 Å². The predicted molar refractivity (Wildman–Crippen MR) is 135 cm³/mol. The number of likely N-dealkylation sites (N-methyl/N-ethyl adjacent to an activating group) is 2. The number of ketones is 1. The maximum atomic E-state index is 14.0. The number of ether oxygens (including phenoxy) is 2. The molecule has 2 saturated heterocycles. The molecule has 4 saturated carbocycles. The van der Waals surface area contributed by atoms with Crippen LogP contribution >= 0.6 is 0 Å². The summed E-state index contributed by atoms with van der Waals surface area (Å²) in [6.07, 6.45) is 7.77. The first kappa shape index (κ1) is 24.8. The fourth-order valence-electron chi connectivity index (χ4n) is 10.4. The molecule has 35 heavy (non-hydrogen) atoms. The smallest absolute Gasteiger partial charge is 0.196 e. The molecule has 6 heteroatoms. The normalized spacial score (nSPS) is 51.2. The number of hydrogen-bond acceptors (Lipinski definition) is 4. The van der Waals surface area contributed by atoms with Crippen LogP contribution in [0.25, 0.3) is 0 Å². The molecule has 6 rings (SSSR count). The van der Waals surface area contributed by atoms with E-state index in [-0.39, 0.29) is 23.0 Å². The van der Waals surface area contributed by atoms with Gasteiger partial charge in [-0.3, -0.25) is 4.79 Å². The van der Waals surface area contributed by atoms with Gasteiger partial charge in [-0.2, -0.15) is 0 Å². The summed E-state index contributed by atoms with van der Waals surface area (Å²) in [4.78, 5) is 14.0. The van der Waals surface area contributed by atoms with E-state index in [4.69, 9.17) is 9.47 Å². The first-order valence-corrected chi connectivity index (χ1v) is 14.7. The number of fused-ring (bicyclic) bond motifs is 5. The van der Waals surface area contributed by atoms with E-state index in [1.807, 2.05) is 0 Å². The van der Waals surface area contributed by atoms with Gasteiger partial charge >= 0.3 is 0 Å². The van der Waals surface area contributed by atoms with E-state index in [2.05, 4.69) is 27.9 Å². The molecule has 6 fully saturated rings. The van der Waals surface area contributed by atoms with Crippen LogP contribution in [0, 0.1) is 34.5 Å². The van der Waals surface area contributed by atoms with Gasteiger partial charge in [0.25, 0.3) is 0 Å². The second-order valence-corrected chi connectivity index (χ2v) is 14.4. The lowest BCUT2D eigenvalue weighted by Crippen LogP contribution is -2.67. The number of aliphatic hydroxyl groups is 1. The lowest BCUT2D eigenvalue weighted by atomic mass is 9.44. The van der Waals surface area contributed by atoms with Crippen molar-refractivity contribution in [3.8, 4) is 0 Å². The average Bonchev–Trinajstić information content (AvgIpc) is 3.12. The Bertz CT molecular complexity index is 837. The van der Waals surface area contributed by atoms with Crippen molar-refractivity contribution in [1.82, 2.24) is 0 Å². The van der Waals surface area contributed by atoms with Gasteiger partial charge < -0.3 is 23.5 Å². The predicted octanol–water partition coefficient (Wildman–Crippen LogP) is 2.87. The first-order chi connectivity index (χ1) is 16.6. The summed E-state index contributed by atoms with van der Waals surface area (Å²) in [5.41, 5.74) is 0.150. The molecule has 4 aliphatic carbocycles. The van der Waals surface area contributed by atoms with Crippen LogP contribution < -0.4 is 0 Å². The molecule has 0 aromatic heterocycles. The molecule has 0 amide bonds. The molecule has 0 radical (unpaired) electrons. The van der Waals surface area contributed by atoms with E-state index in [9.17, 15) is 9.90 Å². The quantitative estimate of drug-likeness (QED) is 0.605. The summed E-state index contributed by atoms with van der Waals surface area (Å²) in [6, 6.07) is 0.486. The molecule has 6 nitrogen and oxygen atoms in total. The Labute approximate surface area is 212 Å². The van der Waals surface area contributed by atoms with Gasteiger partial charge in [-0.05, 0) is 61.2 Å². The largest absolute Gasteiger partial charge is 0.387 e. The molecule has 2 aliphatic heterocycles. The molecular weight excluding hydrogens is 440 g/mol. The molecule has 198 valence electrons. The lowest BCUT2D eigenvalue weighted by Gasteiger charge is -2.62. The van der Waals surface area contributed by atoms with Crippen molar-refractivity contribution in [3.63, 3.8) is 0 Å². The third-order valence-corrected chi connectivity index (χ3v) is 13.0. The highest BCUT2D eigenvalue weighted by Crippen LogP contribution is 2.66. The van der Waals surface area contributed by atoms with Crippen LogP contribution in [0.15, 0.2) is 0 Å². The number of rotatable bonds is 2. The van der Waals surface area contributed by atoms with Crippen molar-refractivity contribution in [2.24, 2.45) is 34.5 Å². The number of hydrogen-bond donors (Lipinski definition) is 1. The number of Topliss-reactive ketones (excluding diaryl/α,β-unsaturated/α-hetero) is 1. The van der Waals surface area contributed by atoms with Crippen molar-refractivity contribution in [2.75, 3.05) is 66.7 Å². The zero-order valence-corrected chi connectivity index (χ0v) is 22.7. The number of carbonyl (C=O) groups is 1. The van der Waals surface area contributed by atoms with E-state index < -0.39 is 0 Å². The third kappa shape index (κ3) is 3.64.